The second-order valence-corrected chi connectivity index (χ2v) is 4.40. The topological polar surface area (TPSA) is 73.2 Å². The van der Waals surface area contributed by atoms with Crippen molar-refractivity contribution in [3.05, 3.63) is 36.5 Å². The summed E-state index contributed by atoms with van der Waals surface area (Å²) in [7, 11) is 3.30. The average molecular weight is 269 g/mol. The lowest BCUT2D eigenvalue weighted by Gasteiger charge is -2.14. The summed E-state index contributed by atoms with van der Waals surface area (Å²) in [6.45, 7) is 0. The highest BCUT2D eigenvalue weighted by molar-refractivity contribution is 6.00. The Morgan fingerprint density at radius 3 is 2.40 bits per heavy atom. The van der Waals surface area contributed by atoms with E-state index in [0.29, 0.717) is 5.82 Å². The number of hydrogen-bond acceptors (Lipinski definition) is 4. The SMILES string of the molecule is COc1cc(-c2cn[nH]c2N)c(OC)c2ccccc12. The lowest BCUT2D eigenvalue weighted by Crippen LogP contribution is -1.95. The largest absolute Gasteiger partial charge is 0.496 e. The van der Waals surface area contributed by atoms with Gasteiger partial charge in [-0.25, -0.2) is 0 Å². The van der Waals surface area contributed by atoms with Crippen molar-refractivity contribution in [1.82, 2.24) is 10.2 Å². The first kappa shape index (κ1) is 12.3. The third kappa shape index (κ3) is 1.75. The fourth-order valence-corrected chi connectivity index (χ4v) is 2.42. The van der Waals surface area contributed by atoms with Crippen LogP contribution in [-0.4, -0.2) is 24.4 Å². The fourth-order valence-electron chi connectivity index (χ4n) is 2.42. The van der Waals surface area contributed by atoms with Crippen molar-refractivity contribution in [2.75, 3.05) is 20.0 Å². The zero-order valence-electron chi connectivity index (χ0n) is 11.3. The van der Waals surface area contributed by atoms with Gasteiger partial charge in [-0.1, -0.05) is 24.3 Å². The van der Waals surface area contributed by atoms with Crippen molar-refractivity contribution < 1.29 is 9.47 Å². The van der Waals surface area contributed by atoms with Crippen molar-refractivity contribution >= 4 is 16.6 Å². The zero-order chi connectivity index (χ0) is 14.1. The minimum atomic E-state index is 0.501. The van der Waals surface area contributed by atoms with Crippen LogP contribution in [0.15, 0.2) is 36.5 Å². The molecule has 0 bridgehead atoms. The highest BCUT2D eigenvalue weighted by Gasteiger charge is 2.17. The fraction of sp³-hybridized carbons (Fsp3) is 0.133. The van der Waals surface area contributed by atoms with Crippen LogP contribution in [0.25, 0.3) is 21.9 Å². The zero-order valence-corrected chi connectivity index (χ0v) is 11.3. The maximum atomic E-state index is 5.92. The van der Waals surface area contributed by atoms with Gasteiger partial charge >= 0.3 is 0 Å². The molecule has 2 aromatic carbocycles. The second-order valence-electron chi connectivity index (χ2n) is 4.40. The van der Waals surface area contributed by atoms with Crippen molar-refractivity contribution in [2.24, 2.45) is 0 Å². The van der Waals surface area contributed by atoms with Crippen LogP contribution in [0.4, 0.5) is 5.82 Å². The van der Waals surface area contributed by atoms with Crippen molar-refractivity contribution in [3.8, 4) is 22.6 Å². The van der Waals surface area contributed by atoms with Crippen LogP contribution in [0, 0.1) is 0 Å². The van der Waals surface area contributed by atoms with Crippen molar-refractivity contribution in [2.45, 2.75) is 0 Å². The van der Waals surface area contributed by atoms with Gasteiger partial charge in [0.15, 0.2) is 0 Å². The molecule has 20 heavy (non-hydrogen) atoms. The molecule has 3 rings (SSSR count). The number of methoxy groups -OCH3 is 2. The summed E-state index contributed by atoms with van der Waals surface area (Å²) >= 11 is 0. The summed E-state index contributed by atoms with van der Waals surface area (Å²) < 4.78 is 11.1. The standard InChI is InChI=1S/C15H15N3O2/c1-19-13-7-11(12-8-17-18-15(12)16)14(20-2)10-6-4-3-5-9(10)13/h3-8H,1-2H3,(H3,16,17,18). The number of H-pyrrole nitrogens is 1. The van der Waals surface area contributed by atoms with Crippen LogP contribution >= 0.6 is 0 Å². The van der Waals surface area contributed by atoms with Crippen LogP contribution in [0.2, 0.25) is 0 Å². The Labute approximate surface area is 116 Å². The number of aromatic nitrogens is 2. The minimum Gasteiger partial charge on any atom is -0.496 e. The molecule has 3 aromatic rings. The number of ether oxygens (including phenoxy) is 2. The van der Waals surface area contributed by atoms with Gasteiger partial charge in [0.1, 0.15) is 17.3 Å². The summed E-state index contributed by atoms with van der Waals surface area (Å²) in [6, 6.07) is 9.85. The molecule has 3 N–H and O–H groups in total. The van der Waals surface area contributed by atoms with E-state index in [-0.39, 0.29) is 0 Å². The number of nitrogens with zero attached hydrogens (tertiary/aromatic N) is 1. The highest BCUT2D eigenvalue weighted by atomic mass is 16.5. The number of benzene rings is 2. The predicted octanol–water partition coefficient (Wildman–Crippen LogP) is 2.83. The molecule has 102 valence electrons. The molecule has 0 saturated carbocycles. The molecule has 0 fully saturated rings. The second kappa shape index (κ2) is 4.77. The molecule has 0 aliphatic heterocycles. The van der Waals surface area contributed by atoms with E-state index in [4.69, 9.17) is 15.2 Å². The third-order valence-electron chi connectivity index (χ3n) is 3.34. The van der Waals surface area contributed by atoms with Gasteiger partial charge in [0.05, 0.1) is 20.4 Å². The van der Waals surface area contributed by atoms with E-state index in [1.807, 2.05) is 30.3 Å². The first-order valence-corrected chi connectivity index (χ1v) is 6.19. The van der Waals surface area contributed by atoms with Gasteiger partial charge < -0.3 is 15.2 Å². The molecule has 0 saturated heterocycles. The number of rotatable bonds is 3. The Hall–Kier alpha value is -2.69. The molecular formula is C15H15N3O2. The lowest BCUT2D eigenvalue weighted by atomic mass is 10.00. The summed E-state index contributed by atoms with van der Waals surface area (Å²) in [4.78, 5) is 0. The molecule has 0 atom stereocenters. The molecule has 0 aliphatic rings. The summed E-state index contributed by atoms with van der Waals surface area (Å²) in [5.74, 6) is 2.03. The van der Waals surface area contributed by atoms with Crippen LogP contribution in [0.3, 0.4) is 0 Å². The van der Waals surface area contributed by atoms with Gasteiger partial charge in [-0.3, -0.25) is 5.10 Å². The monoisotopic (exact) mass is 269 g/mol. The minimum absolute atomic E-state index is 0.501. The summed E-state index contributed by atoms with van der Waals surface area (Å²) in [5.41, 5.74) is 7.57. The molecule has 0 aliphatic carbocycles. The quantitative estimate of drug-likeness (QED) is 0.766. The Balaban J connectivity index is 2.40. The maximum absolute atomic E-state index is 5.92. The van der Waals surface area contributed by atoms with E-state index < -0.39 is 0 Å². The molecule has 0 amide bonds. The Morgan fingerprint density at radius 2 is 1.80 bits per heavy atom. The lowest BCUT2D eigenvalue weighted by molar-refractivity contribution is 0.412. The number of nitrogens with one attached hydrogen (secondary N) is 1. The number of nitrogens with two attached hydrogens (primary N) is 1. The smallest absolute Gasteiger partial charge is 0.134 e. The van der Waals surface area contributed by atoms with Gasteiger partial charge in [0.25, 0.3) is 0 Å². The van der Waals surface area contributed by atoms with Gasteiger partial charge in [0.2, 0.25) is 0 Å². The molecule has 5 nitrogen and oxygen atoms in total. The number of anilines is 1. The molecule has 1 aromatic heterocycles. The number of aromatic amines is 1. The molecular weight excluding hydrogens is 254 g/mol. The number of fused-ring (bicyclic) bond motifs is 1. The van der Waals surface area contributed by atoms with E-state index in [9.17, 15) is 0 Å². The molecule has 0 spiro atoms. The molecule has 1 heterocycles. The van der Waals surface area contributed by atoms with Crippen LogP contribution in [0.5, 0.6) is 11.5 Å². The van der Waals surface area contributed by atoms with E-state index in [2.05, 4.69) is 10.2 Å². The Morgan fingerprint density at radius 1 is 1.05 bits per heavy atom. The molecule has 5 heteroatoms. The van der Waals surface area contributed by atoms with E-state index in [0.717, 1.165) is 33.4 Å². The van der Waals surface area contributed by atoms with Crippen molar-refractivity contribution in [3.63, 3.8) is 0 Å². The first-order valence-electron chi connectivity index (χ1n) is 6.19. The average Bonchev–Trinajstić information content (AvgIpc) is 2.91. The third-order valence-corrected chi connectivity index (χ3v) is 3.34. The summed E-state index contributed by atoms with van der Waals surface area (Å²) in [5, 5.41) is 8.67. The number of hydrogen-bond donors (Lipinski definition) is 2. The Kier molecular flexibility index (Phi) is 2.95. The van der Waals surface area contributed by atoms with E-state index in [1.165, 1.54) is 0 Å². The van der Waals surface area contributed by atoms with Gasteiger partial charge in [-0.2, -0.15) is 5.10 Å². The van der Waals surface area contributed by atoms with Gasteiger partial charge in [-0.15, -0.1) is 0 Å². The summed E-state index contributed by atoms with van der Waals surface area (Å²) in [6.07, 6.45) is 1.68. The van der Waals surface area contributed by atoms with Crippen LogP contribution in [-0.2, 0) is 0 Å². The normalized spacial score (nSPS) is 10.7. The molecule has 0 unspecified atom stereocenters. The highest BCUT2D eigenvalue weighted by Crippen LogP contribution is 2.42. The number of nitrogen functional groups attached to an aromatic ring is 1. The van der Waals surface area contributed by atoms with Gasteiger partial charge in [0, 0.05) is 21.9 Å². The first-order chi connectivity index (χ1) is 9.76. The van der Waals surface area contributed by atoms with Crippen LogP contribution < -0.4 is 15.2 Å². The van der Waals surface area contributed by atoms with Crippen LogP contribution in [0.1, 0.15) is 0 Å². The maximum Gasteiger partial charge on any atom is 0.134 e. The van der Waals surface area contributed by atoms with Gasteiger partial charge in [-0.05, 0) is 6.07 Å². The Bertz CT molecular complexity index is 765. The van der Waals surface area contributed by atoms with E-state index >= 15 is 0 Å². The molecule has 0 radical (unpaired) electrons. The van der Waals surface area contributed by atoms with E-state index in [1.54, 1.807) is 20.4 Å². The van der Waals surface area contributed by atoms with Crippen molar-refractivity contribution in [1.29, 1.82) is 0 Å². The predicted molar refractivity (Wildman–Crippen MR) is 79.0 cm³/mol.